The maximum Gasteiger partial charge on any atom is 0.304 e. The number of carbonyl (C=O) groups is 1. The smallest absolute Gasteiger partial charge is 0.304 e. The van der Waals surface area contributed by atoms with Gasteiger partial charge in [0.1, 0.15) is 0 Å². The first kappa shape index (κ1) is 11.4. The largest absolute Gasteiger partial charge is 0.481 e. The quantitative estimate of drug-likeness (QED) is 0.481. The van der Waals surface area contributed by atoms with Gasteiger partial charge in [0.05, 0.1) is 6.42 Å². The molecule has 0 aliphatic rings. The Bertz CT molecular complexity index is 128. The van der Waals surface area contributed by atoms with E-state index in [0.29, 0.717) is 0 Å². The lowest BCUT2D eigenvalue weighted by molar-refractivity contribution is -0.137. The van der Waals surface area contributed by atoms with Crippen molar-refractivity contribution in [1.82, 2.24) is 5.32 Å². The molecule has 0 radical (unpaired) electrons. The van der Waals surface area contributed by atoms with Crippen LogP contribution in [0.4, 0.5) is 0 Å². The number of unbranched alkanes of at least 4 members (excludes halogenated alkanes) is 1. The van der Waals surface area contributed by atoms with E-state index in [2.05, 4.69) is 5.32 Å². The van der Waals surface area contributed by atoms with Crippen molar-refractivity contribution in [2.75, 3.05) is 13.6 Å². The van der Waals surface area contributed by atoms with Gasteiger partial charge in [-0.3, -0.25) is 4.79 Å². The summed E-state index contributed by atoms with van der Waals surface area (Å²) in [4.78, 5) is 10.2. The van der Waals surface area contributed by atoms with Crippen molar-refractivity contribution in [3.05, 3.63) is 0 Å². The maximum atomic E-state index is 10.2. The van der Waals surface area contributed by atoms with Gasteiger partial charge in [-0.05, 0) is 26.4 Å². The number of hydrogen-bond acceptors (Lipinski definition) is 3. The molecule has 1 atom stereocenters. The second-order valence-corrected chi connectivity index (χ2v) is 2.96. The van der Waals surface area contributed by atoms with Crippen LogP contribution >= 0.6 is 0 Å². The molecule has 72 valence electrons. The Morgan fingerprint density at radius 3 is 2.75 bits per heavy atom. The lowest BCUT2D eigenvalue weighted by Crippen LogP contribution is -2.23. The summed E-state index contributed by atoms with van der Waals surface area (Å²) in [5.41, 5.74) is 5.56. The van der Waals surface area contributed by atoms with Crippen LogP contribution in [0.3, 0.4) is 0 Å². The Morgan fingerprint density at radius 1 is 1.58 bits per heavy atom. The Kier molecular flexibility index (Phi) is 6.70. The average Bonchev–Trinajstić information content (AvgIpc) is 1.97. The van der Waals surface area contributed by atoms with Gasteiger partial charge in [-0.2, -0.15) is 0 Å². The van der Waals surface area contributed by atoms with Gasteiger partial charge in [-0.1, -0.05) is 6.42 Å². The van der Waals surface area contributed by atoms with E-state index in [9.17, 15) is 4.79 Å². The standard InChI is InChI=1S/C8H18N2O2/c1-10-5-3-2-4-7(9)6-8(11)12/h7,10H,2-6,9H2,1H3,(H,11,12). The number of carboxylic acids is 1. The number of hydrogen-bond donors (Lipinski definition) is 3. The molecule has 1 unspecified atom stereocenters. The number of rotatable bonds is 7. The van der Waals surface area contributed by atoms with Gasteiger partial charge < -0.3 is 16.2 Å². The van der Waals surface area contributed by atoms with E-state index >= 15 is 0 Å². The van der Waals surface area contributed by atoms with Crippen LogP contribution in [-0.2, 0) is 4.79 Å². The van der Waals surface area contributed by atoms with Crippen LogP contribution in [0.25, 0.3) is 0 Å². The van der Waals surface area contributed by atoms with Crippen molar-refractivity contribution >= 4 is 5.97 Å². The molecule has 4 nitrogen and oxygen atoms in total. The summed E-state index contributed by atoms with van der Waals surface area (Å²) < 4.78 is 0. The zero-order chi connectivity index (χ0) is 9.40. The summed E-state index contributed by atoms with van der Waals surface area (Å²) in [5, 5.41) is 11.4. The number of nitrogens with one attached hydrogen (secondary N) is 1. The molecule has 0 aliphatic heterocycles. The van der Waals surface area contributed by atoms with Crippen molar-refractivity contribution in [3.63, 3.8) is 0 Å². The predicted octanol–water partition coefficient (Wildman–Crippen LogP) is 0.178. The summed E-state index contributed by atoms with van der Waals surface area (Å²) >= 11 is 0. The highest BCUT2D eigenvalue weighted by atomic mass is 16.4. The van der Waals surface area contributed by atoms with Gasteiger partial charge in [-0.15, -0.1) is 0 Å². The third-order valence-electron chi connectivity index (χ3n) is 1.69. The molecule has 0 bridgehead atoms. The minimum Gasteiger partial charge on any atom is -0.481 e. The van der Waals surface area contributed by atoms with Crippen LogP contribution in [0.5, 0.6) is 0 Å². The fraction of sp³-hybridized carbons (Fsp3) is 0.875. The van der Waals surface area contributed by atoms with Gasteiger partial charge >= 0.3 is 5.97 Å². The second kappa shape index (κ2) is 7.06. The van der Waals surface area contributed by atoms with Gasteiger partial charge in [0.2, 0.25) is 0 Å². The van der Waals surface area contributed by atoms with Crippen molar-refractivity contribution in [2.24, 2.45) is 5.73 Å². The summed E-state index contributed by atoms with van der Waals surface area (Å²) in [6.07, 6.45) is 2.94. The first-order valence-electron chi connectivity index (χ1n) is 4.28. The monoisotopic (exact) mass is 174 g/mol. The van der Waals surface area contributed by atoms with Gasteiger partial charge in [0.25, 0.3) is 0 Å². The fourth-order valence-electron chi connectivity index (χ4n) is 1.03. The van der Waals surface area contributed by atoms with Gasteiger partial charge in [-0.25, -0.2) is 0 Å². The van der Waals surface area contributed by atoms with Gasteiger partial charge in [0, 0.05) is 6.04 Å². The van der Waals surface area contributed by atoms with E-state index in [1.54, 1.807) is 0 Å². The molecule has 0 amide bonds. The zero-order valence-corrected chi connectivity index (χ0v) is 7.55. The number of nitrogens with two attached hydrogens (primary N) is 1. The number of carboxylic acid groups (broad SMARTS) is 1. The molecule has 0 saturated heterocycles. The third-order valence-corrected chi connectivity index (χ3v) is 1.69. The van der Waals surface area contributed by atoms with Gasteiger partial charge in [0.15, 0.2) is 0 Å². The van der Waals surface area contributed by atoms with Crippen LogP contribution < -0.4 is 11.1 Å². The maximum absolute atomic E-state index is 10.2. The molecule has 0 aliphatic carbocycles. The molecular weight excluding hydrogens is 156 g/mol. The molecule has 12 heavy (non-hydrogen) atoms. The van der Waals surface area contributed by atoms with Crippen LogP contribution in [0.1, 0.15) is 25.7 Å². The van der Waals surface area contributed by atoms with E-state index in [4.69, 9.17) is 10.8 Å². The highest BCUT2D eigenvalue weighted by Gasteiger charge is 2.06. The summed E-state index contributed by atoms with van der Waals surface area (Å²) in [5.74, 6) is -0.809. The van der Waals surface area contributed by atoms with Crippen molar-refractivity contribution < 1.29 is 9.90 Å². The van der Waals surface area contributed by atoms with Crippen LogP contribution in [0, 0.1) is 0 Å². The van der Waals surface area contributed by atoms with Crippen molar-refractivity contribution in [2.45, 2.75) is 31.7 Å². The summed E-state index contributed by atoms with van der Waals surface area (Å²) in [6.45, 7) is 0.972. The van der Waals surface area contributed by atoms with Crippen molar-refractivity contribution in [3.8, 4) is 0 Å². The van der Waals surface area contributed by atoms with Crippen LogP contribution in [0.15, 0.2) is 0 Å². The Labute approximate surface area is 73.1 Å². The van der Waals surface area contributed by atoms with E-state index in [1.807, 2.05) is 7.05 Å². The highest BCUT2D eigenvalue weighted by molar-refractivity contribution is 5.67. The Hall–Kier alpha value is -0.610. The lowest BCUT2D eigenvalue weighted by Gasteiger charge is -2.07. The van der Waals surface area contributed by atoms with E-state index in [0.717, 1.165) is 25.8 Å². The predicted molar refractivity (Wildman–Crippen MR) is 48.0 cm³/mol. The molecule has 0 spiro atoms. The fourth-order valence-corrected chi connectivity index (χ4v) is 1.03. The van der Waals surface area contributed by atoms with Crippen LogP contribution in [-0.4, -0.2) is 30.7 Å². The Balaban J connectivity index is 3.19. The molecule has 4 heteroatoms. The number of aliphatic carboxylic acids is 1. The molecule has 0 rings (SSSR count). The molecule has 4 N–H and O–H groups in total. The van der Waals surface area contributed by atoms with Crippen LogP contribution in [0.2, 0.25) is 0 Å². The first-order valence-corrected chi connectivity index (χ1v) is 4.28. The molecule has 0 fully saturated rings. The lowest BCUT2D eigenvalue weighted by atomic mass is 10.1. The second-order valence-electron chi connectivity index (χ2n) is 2.96. The van der Waals surface area contributed by atoms with E-state index in [-0.39, 0.29) is 12.5 Å². The molecule has 0 saturated carbocycles. The summed E-state index contributed by atoms with van der Waals surface area (Å²) in [6, 6.07) is -0.181. The highest BCUT2D eigenvalue weighted by Crippen LogP contribution is 2.01. The molecule has 0 aromatic heterocycles. The van der Waals surface area contributed by atoms with Crippen molar-refractivity contribution in [1.29, 1.82) is 0 Å². The zero-order valence-electron chi connectivity index (χ0n) is 7.55. The molecule has 0 aromatic carbocycles. The minimum absolute atomic E-state index is 0.0829. The minimum atomic E-state index is -0.809. The molecular formula is C8H18N2O2. The summed E-state index contributed by atoms with van der Waals surface area (Å²) in [7, 11) is 1.90. The Morgan fingerprint density at radius 2 is 2.25 bits per heavy atom. The van der Waals surface area contributed by atoms with E-state index < -0.39 is 5.97 Å². The first-order chi connectivity index (χ1) is 5.66. The third kappa shape index (κ3) is 7.50. The molecule has 0 aromatic rings. The normalized spacial score (nSPS) is 12.8. The topological polar surface area (TPSA) is 75.3 Å². The average molecular weight is 174 g/mol. The van der Waals surface area contributed by atoms with E-state index in [1.165, 1.54) is 0 Å². The molecule has 0 heterocycles. The SMILES string of the molecule is CNCCCCC(N)CC(=O)O.